The second-order valence-corrected chi connectivity index (χ2v) is 3.74. The van der Waals surface area contributed by atoms with Crippen LogP contribution in [0.3, 0.4) is 0 Å². The van der Waals surface area contributed by atoms with Gasteiger partial charge in [-0.3, -0.25) is 4.79 Å². The Balaban J connectivity index is 2.08. The van der Waals surface area contributed by atoms with Crippen LogP contribution in [-0.4, -0.2) is 36.8 Å². The van der Waals surface area contributed by atoms with Gasteiger partial charge in [-0.15, -0.1) is 0 Å². The molecule has 0 bridgehead atoms. The summed E-state index contributed by atoms with van der Waals surface area (Å²) < 4.78 is 0. The van der Waals surface area contributed by atoms with Gasteiger partial charge in [0.2, 0.25) is 5.91 Å². The summed E-state index contributed by atoms with van der Waals surface area (Å²) in [6.45, 7) is 2.67. The highest BCUT2D eigenvalue weighted by Gasteiger charge is 2.27. The highest BCUT2D eigenvalue weighted by Crippen LogP contribution is 2.26. The number of aliphatic hydroxyl groups excluding tert-OH is 1. The number of hydrogen-bond acceptors (Lipinski definition) is 3. The maximum Gasteiger partial charge on any atom is 0.236 e. The van der Waals surface area contributed by atoms with Gasteiger partial charge >= 0.3 is 0 Å². The first-order chi connectivity index (χ1) is 6.13. The van der Waals surface area contributed by atoms with E-state index in [4.69, 9.17) is 5.11 Å². The van der Waals surface area contributed by atoms with Crippen molar-refractivity contribution >= 4 is 5.91 Å². The summed E-state index contributed by atoms with van der Waals surface area (Å²) in [4.78, 5) is 11.1. The summed E-state index contributed by atoms with van der Waals surface area (Å²) >= 11 is 0. The van der Waals surface area contributed by atoms with Gasteiger partial charge in [-0.05, 0) is 32.2 Å². The van der Waals surface area contributed by atoms with Crippen LogP contribution in [0.1, 0.15) is 19.8 Å². The number of hydrogen-bond donors (Lipinski definition) is 3. The number of carbonyl (C=O) groups excluding carboxylic acids is 1. The van der Waals surface area contributed by atoms with Crippen molar-refractivity contribution in [2.45, 2.75) is 31.9 Å². The number of carbonyl (C=O) groups is 1. The molecule has 1 atom stereocenters. The predicted molar refractivity (Wildman–Crippen MR) is 50.3 cm³/mol. The molecule has 1 rings (SSSR count). The van der Waals surface area contributed by atoms with E-state index in [-0.39, 0.29) is 18.1 Å². The van der Waals surface area contributed by atoms with Crippen LogP contribution in [0, 0.1) is 5.92 Å². The average molecular weight is 186 g/mol. The minimum atomic E-state index is -0.136. The standard InChI is InChI=1S/C9H18N2O2/c1-6(9(13)10-2)11-5-7-3-8(12)4-7/h6-8,11-12H,3-5H2,1-2H3,(H,10,13). The topological polar surface area (TPSA) is 61.4 Å². The second-order valence-electron chi connectivity index (χ2n) is 3.74. The summed E-state index contributed by atoms with van der Waals surface area (Å²) in [5.74, 6) is 0.557. The summed E-state index contributed by atoms with van der Waals surface area (Å²) in [7, 11) is 1.63. The molecule has 76 valence electrons. The molecule has 0 saturated heterocycles. The molecule has 1 aliphatic carbocycles. The fraction of sp³-hybridized carbons (Fsp3) is 0.889. The minimum absolute atomic E-state index is 0.0138. The van der Waals surface area contributed by atoms with Crippen molar-refractivity contribution in [2.75, 3.05) is 13.6 Å². The van der Waals surface area contributed by atoms with Crippen LogP contribution < -0.4 is 10.6 Å². The van der Waals surface area contributed by atoms with Gasteiger partial charge in [0.25, 0.3) is 0 Å². The maximum atomic E-state index is 11.1. The number of aliphatic hydroxyl groups is 1. The van der Waals surface area contributed by atoms with Gasteiger partial charge in [-0.25, -0.2) is 0 Å². The van der Waals surface area contributed by atoms with E-state index in [1.54, 1.807) is 7.05 Å². The summed E-state index contributed by atoms with van der Waals surface area (Å²) in [6.07, 6.45) is 1.63. The van der Waals surface area contributed by atoms with E-state index in [1.165, 1.54) is 0 Å². The van der Waals surface area contributed by atoms with Gasteiger partial charge in [0.1, 0.15) is 0 Å². The van der Waals surface area contributed by atoms with Crippen molar-refractivity contribution in [3.05, 3.63) is 0 Å². The zero-order chi connectivity index (χ0) is 9.84. The van der Waals surface area contributed by atoms with E-state index in [9.17, 15) is 4.79 Å². The van der Waals surface area contributed by atoms with Crippen molar-refractivity contribution in [1.82, 2.24) is 10.6 Å². The quantitative estimate of drug-likeness (QED) is 0.554. The largest absolute Gasteiger partial charge is 0.393 e. The average Bonchev–Trinajstić information content (AvgIpc) is 2.08. The third-order valence-corrected chi connectivity index (χ3v) is 2.56. The summed E-state index contributed by atoms with van der Waals surface area (Å²) in [6, 6.07) is -0.136. The molecule has 3 N–H and O–H groups in total. The minimum Gasteiger partial charge on any atom is -0.393 e. The molecular weight excluding hydrogens is 168 g/mol. The molecule has 4 nitrogen and oxygen atoms in total. The lowest BCUT2D eigenvalue weighted by molar-refractivity contribution is -0.122. The Morgan fingerprint density at radius 1 is 1.62 bits per heavy atom. The highest BCUT2D eigenvalue weighted by atomic mass is 16.3. The maximum absolute atomic E-state index is 11.1. The fourth-order valence-electron chi connectivity index (χ4n) is 1.52. The lowest BCUT2D eigenvalue weighted by Gasteiger charge is -2.32. The Hall–Kier alpha value is -0.610. The molecule has 0 radical (unpaired) electrons. The van der Waals surface area contributed by atoms with E-state index in [1.807, 2.05) is 6.92 Å². The number of amides is 1. The van der Waals surface area contributed by atoms with E-state index in [0.717, 1.165) is 19.4 Å². The normalized spacial score (nSPS) is 29.2. The number of rotatable bonds is 4. The molecule has 1 amide bonds. The molecule has 0 aliphatic heterocycles. The van der Waals surface area contributed by atoms with Gasteiger partial charge in [0.15, 0.2) is 0 Å². The van der Waals surface area contributed by atoms with Crippen LogP contribution in [-0.2, 0) is 4.79 Å². The Labute approximate surface area is 78.7 Å². The molecule has 1 unspecified atom stereocenters. The molecule has 0 aromatic rings. The van der Waals surface area contributed by atoms with Gasteiger partial charge in [-0.1, -0.05) is 0 Å². The zero-order valence-corrected chi connectivity index (χ0v) is 8.21. The van der Waals surface area contributed by atoms with Crippen molar-refractivity contribution < 1.29 is 9.90 Å². The van der Waals surface area contributed by atoms with Gasteiger partial charge in [-0.2, -0.15) is 0 Å². The Morgan fingerprint density at radius 2 is 2.23 bits per heavy atom. The van der Waals surface area contributed by atoms with Crippen LogP contribution in [0.15, 0.2) is 0 Å². The molecule has 4 heteroatoms. The van der Waals surface area contributed by atoms with Crippen molar-refractivity contribution in [3.8, 4) is 0 Å². The van der Waals surface area contributed by atoms with Gasteiger partial charge < -0.3 is 15.7 Å². The Morgan fingerprint density at radius 3 is 2.69 bits per heavy atom. The third kappa shape index (κ3) is 2.97. The smallest absolute Gasteiger partial charge is 0.236 e. The molecule has 0 aromatic heterocycles. The molecule has 0 spiro atoms. The van der Waals surface area contributed by atoms with Crippen molar-refractivity contribution in [1.29, 1.82) is 0 Å². The monoisotopic (exact) mass is 186 g/mol. The van der Waals surface area contributed by atoms with E-state index >= 15 is 0 Å². The molecule has 13 heavy (non-hydrogen) atoms. The number of nitrogens with one attached hydrogen (secondary N) is 2. The first-order valence-electron chi connectivity index (χ1n) is 4.76. The van der Waals surface area contributed by atoms with Crippen LogP contribution in [0.25, 0.3) is 0 Å². The zero-order valence-electron chi connectivity index (χ0n) is 8.21. The Kier molecular flexibility index (Phi) is 3.69. The van der Waals surface area contributed by atoms with Gasteiger partial charge in [0, 0.05) is 7.05 Å². The highest BCUT2D eigenvalue weighted by molar-refractivity contribution is 5.80. The third-order valence-electron chi connectivity index (χ3n) is 2.56. The lowest BCUT2D eigenvalue weighted by Crippen LogP contribution is -2.45. The molecule has 1 fully saturated rings. The molecule has 0 aromatic carbocycles. The van der Waals surface area contributed by atoms with Crippen LogP contribution in [0.4, 0.5) is 0 Å². The lowest BCUT2D eigenvalue weighted by atomic mass is 9.82. The first-order valence-corrected chi connectivity index (χ1v) is 4.76. The van der Waals surface area contributed by atoms with Crippen LogP contribution in [0.5, 0.6) is 0 Å². The molecule has 1 saturated carbocycles. The van der Waals surface area contributed by atoms with Crippen molar-refractivity contribution in [3.63, 3.8) is 0 Å². The summed E-state index contributed by atoms with van der Waals surface area (Å²) in [5.41, 5.74) is 0. The molecular formula is C9H18N2O2. The number of likely N-dealkylation sites (N-methyl/N-ethyl adjacent to an activating group) is 1. The van der Waals surface area contributed by atoms with E-state index in [2.05, 4.69) is 10.6 Å². The molecule has 1 aliphatic rings. The van der Waals surface area contributed by atoms with Crippen LogP contribution >= 0.6 is 0 Å². The summed E-state index contributed by atoms with van der Waals surface area (Å²) in [5, 5.41) is 14.7. The molecule has 0 heterocycles. The van der Waals surface area contributed by atoms with Crippen molar-refractivity contribution in [2.24, 2.45) is 5.92 Å². The first kappa shape index (κ1) is 10.5. The van der Waals surface area contributed by atoms with E-state index < -0.39 is 0 Å². The predicted octanol–water partition coefficient (Wildman–Crippen LogP) is -0.519. The van der Waals surface area contributed by atoms with E-state index in [0.29, 0.717) is 5.92 Å². The van der Waals surface area contributed by atoms with Gasteiger partial charge in [0.05, 0.1) is 12.1 Å². The fourth-order valence-corrected chi connectivity index (χ4v) is 1.52. The Bertz CT molecular complexity index is 178. The SMILES string of the molecule is CNC(=O)C(C)NCC1CC(O)C1. The van der Waals surface area contributed by atoms with Crippen LogP contribution in [0.2, 0.25) is 0 Å². The second kappa shape index (κ2) is 4.58.